The molecular weight excluding hydrogens is 516 g/mol. The van der Waals surface area contributed by atoms with Crippen molar-refractivity contribution in [3.05, 3.63) is 63.1 Å². The number of nitrogens with two attached hydrogens (primary N) is 1. The second kappa shape index (κ2) is 19.3. The molecule has 230 valence electrons. The molecule has 1 aliphatic rings. The number of nitrogens with zero attached hydrogens (tertiary/aromatic N) is 2. The second-order valence-corrected chi connectivity index (χ2v) is 11.3. The quantitative estimate of drug-likeness (QED) is 0.245. The number of hydrogen-bond donors (Lipinski definition) is 3. The van der Waals surface area contributed by atoms with Gasteiger partial charge in [0.05, 0.1) is 23.9 Å². The average Bonchev–Trinajstić information content (AvgIpc) is 3.42. The third-order valence-corrected chi connectivity index (χ3v) is 6.95. The maximum absolute atomic E-state index is 11.6. The molecule has 1 aliphatic carbocycles. The van der Waals surface area contributed by atoms with Crippen LogP contribution in [-0.2, 0) is 16.1 Å². The number of benzene rings is 1. The lowest BCUT2D eigenvalue weighted by atomic mass is 9.96. The predicted molar refractivity (Wildman–Crippen MR) is 170 cm³/mol. The second-order valence-electron chi connectivity index (χ2n) is 11.3. The van der Waals surface area contributed by atoms with Gasteiger partial charge in [-0.2, -0.15) is 0 Å². The van der Waals surface area contributed by atoms with Gasteiger partial charge in [-0.25, -0.2) is 0 Å². The van der Waals surface area contributed by atoms with Crippen molar-refractivity contribution in [3.63, 3.8) is 0 Å². The number of pyridine rings is 1. The summed E-state index contributed by atoms with van der Waals surface area (Å²) in [4.78, 5) is 32.5. The van der Waals surface area contributed by atoms with Gasteiger partial charge in [-0.15, -0.1) is 0 Å². The molecule has 1 fully saturated rings. The number of carbonyl (C=O) groups excluding carboxylic acids is 1. The number of nitrogens with one attached hydrogen (secondary N) is 1. The molecule has 1 heterocycles. The topological polar surface area (TPSA) is 121 Å². The number of aliphatic hydroxyl groups is 1. The Bertz CT molecular complexity index is 1130. The summed E-state index contributed by atoms with van der Waals surface area (Å²) < 4.78 is 5.12. The van der Waals surface area contributed by atoms with E-state index >= 15 is 0 Å². The van der Waals surface area contributed by atoms with Crippen LogP contribution in [0.5, 0.6) is 0 Å². The Morgan fingerprint density at radius 1 is 1.15 bits per heavy atom. The molecule has 1 aromatic heterocycles. The van der Waals surface area contributed by atoms with Crippen molar-refractivity contribution in [1.29, 1.82) is 0 Å². The van der Waals surface area contributed by atoms with E-state index in [1.165, 1.54) is 13.0 Å². The molecule has 1 aromatic carbocycles. The lowest BCUT2D eigenvalue weighted by Crippen LogP contribution is -2.18. The monoisotopic (exact) mass is 570 g/mol. The van der Waals surface area contributed by atoms with Crippen molar-refractivity contribution >= 4 is 17.4 Å². The summed E-state index contributed by atoms with van der Waals surface area (Å²) in [5, 5.41) is 8.90. The molecule has 0 spiro atoms. The summed E-state index contributed by atoms with van der Waals surface area (Å²) in [6.07, 6.45) is 7.95. The van der Waals surface area contributed by atoms with Crippen molar-refractivity contribution in [2.45, 2.75) is 105 Å². The minimum Gasteiger partial charge on any atom is -0.462 e. The van der Waals surface area contributed by atoms with Crippen LogP contribution < -0.4 is 11.3 Å². The van der Waals surface area contributed by atoms with Crippen LogP contribution in [0.4, 0.5) is 5.69 Å². The van der Waals surface area contributed by atoms with Gasteiger partial charge in [0, 0.05) is 23.9 Å². The molecule has 0 aliphatic heterocycles. The molecule has 8 nitrogen and oxygen atoms in total. The first-order valence-electron chi connectivity index (χ1n) is 15.0. The van der Waals surface area contributed by atoms with E-state index in [1.807, 2.05) is 38.1 Å². The van der Waals surface area contributed by atoms with E-state index in [4.69, 9.17) is 20.6 Å². The number of esters is 1. The Kier molecular flexibility index (Phi) is 17.1. The number of aliphatic hydroxyl groups excluding tert-OH is 1. The van der Waals surface area contributed by atoms with Gasteiger partial charge in [0.2, 0.25) is 0 Å². The van der Waals surface area contributed by atoms with Crippen LogP contribution in [0.25, 0.3) is 0 Å². The van der Waals surface area contributed by atoms with E-state index in [1.54, 1.807) is 13.1 Å². The maximum atomic E-state index is 11.6. The van der Waals surface area contributed by atoms with Crippen molar-refractivity contribution in [2.75, 3.05) is 20.6 Å². The van der Waals surface area contributed by atoms with E-state index in [0.717, 1.165) is 60.2 Å². The van der Waals surface area contributed by atoms with Crippen LogP contribution in [0.15, 0.2) is 40.2 Å². The minimum atomic E-state index is -0.584. The van der Waals surface area contributed by atoms with E-state index in [9.17, 15) is 9.59 Å². The summed E-state index contributed by atoms with van der Waals surface area (Å²) in [7, 11) is 4.17. The highest BCUT2D eigenvalue weighted by Crippen LogP contribution is 2.24. The molecule has 0 saturated heterocycles. The molecule has 0 radical (unpaired) electrons. The van der Waals surface area contributed by atoms with Gasteiger partial charge in [0.25, 0.3) is 5.56 Å². The Morgan fingerprint density at radius 3 is 2.29 bits per heavy atom. The largest absolute Gasteiger partial charge is 0.462 e. The molecule has 1 saturated carbocycles. The first kappa shape index (κ1) is 36.2. The zero-order valence-corrected chi connectivity index (χ0v) is 26.6. The van der Waals surface area contributed by atoms with Crippen molar-refractivity contribution in [2.24, 2.45) is 16.6 Å². The van der Waals surface area contributed by atoms with Crippen LogP contribution in [0.3, 0.4) is 0 Å². The third kappa shape index (κ3) is 14.1. The zero-order chi connectivity index (χ0) is 30.9. The van der Waals surface area contributed by atoms with Crippen molar-refractivity contribution in [1.82, 2.24) is 9.88 Å². The molecule has 0 amide bonds. The van der Waals surface area contributed by atoms with Gasteiger partial charge in [0.15, 0.2) is 0 Å². The number of aryl methyl sites for hydroxylation is 2. The highest BCUT2D eigenvalue weighted by atomic mass is 16.5. The Labute approximate surface area is 247 Å². The van der Waals surface area contributed by atoms with E-state index in [0.29, 0.717) is 18.0 Å². The number of aromatic amines is 1. The third-order valence-electron chi connectivity index (χ3n) is 6.95. The lowest BCUT2D eigenvalue weighted by Gasteiger charge is -2.15. The first-order valence-corrected chi connectivity index (χ1v) is 15.0. The Hall–Kier alpha value is -2.81. The van der Waals surface area contributed by atoms with Crippen molar-refractivity contribution < 1.29 is 14.6 Å². The number of carbonyl (C=O) groups is 1. The van der Waals surface area contributed by atoms with Gasteiger partial charge >= 0.3 is 5.97 Å². The first-order chi connectivity index (χ1) is 19.4. The van der Waals surface area contributed by atoms with E-state index in [-0.39, 0.29) is 24.1 Å². The highest BCUT2D eigenvalue weighted by Gasteiger charge is 2.19. The SMILES string of the molecule is CC(O)CC(=O)OC1CCCC1.CCC(C)C(=Nc1cc(CN)ccc1C)c1c[nH]c(=O)c(C)c1.CCCN(C)C. The van der Waals surface area contributed by atoms with Crippen LogP contribution in [0.2, 0.25) is 0 Å². The molecule has 2 aromatic rings. The molecule has 3 rings (SSSR count). The fourth-order valence-electron chi connectivity index (χ4n) is 4.36. The molecule has 8 heteroatoms. The van der Waals surface area contributed by atoms with Crippen LogP contribution in [0, 0.1) is 19.8 Å². The number of aromatic nitrogens is 1. The van der Waals surface area contributed by atoms with Gasteiger partial charge in [-0.3, -0.25) is 14.6 Å². The number of H-pyrrole nitrogens is 1. The number of rotatable bonds is 10. The standard InChI is InChI=1S/C19H25N3O.C9H16O3.C5H13N/c1-5-12(2)18(16-8-14(4)19(23)21-11-16)22-17-9-15(10-20)7-6-13(17)3;1-7(10)6-9(11)12-8-4-2-3-5-8;1-4-5-6(2)3/h6-9,11-12H,5,10,20H2,1-4H3,(H,21,23);7-8,10H,2-6H2,1H3;4-5H2,1-3H3. The fourth-order valence-corrected chi connectivity index (χ4v) is 4.36. The highest BCUT2D eigenvalue weighted by molar-refractivity contribution is 6.03. The van der Waals surface area contributed by atoms with E-state index in [2.05, 4.69) is 44.8 Å². The van der Waals surface area contributed by atoms with Crippen LogP contribution in [-0.4, -0.2) is 59.5 Å². The van der Waals surface area contributed by atoms with Gasteiger partial charge < -0.3 is 25.5 Å². The molecule has 2 atom stereocenters. The lowest BCUT2D eigenvalue weighted by molar-refractivity contribution is -0.150. The van der Waals surface area contributed by atoms with Crippen LogP contribution >= 0.6 is 0 Å². The van der Waals surface area contributed by atoms with Crippen LogP contribution in [0.1, 0.15) is 94.9 Å². The molecule has 41 heavy (non-hydrogen) atoms. The minimum absolute atomic E-state index is 0.0569. The predicted octanol–water partition coefficient (Wildman–Crippen LogP) is 5.82. The fraction of sp³-hybridized carbons (Fsp3) is 0.606. The Morgan fingerprint density at radius 2 is 1.80 bits per heavy atom. The average molecular weight is 571 g/mol. The number of hydrogen-bond acceptors (Lipinski definition) is 7. The van der Waals surface area contributed by atoms with Gasteiger partial charge in [-0.1, -0.05) is 32.9 Å². The molecular formula is C33H54N4O4. The number of ether oxygens (including phenoxy) is 1. The van der Waals surface area contributed by atoms with Crippen molar-refractivity contribution in [3.8, 4) is 0 Å². The summed E-state index contributed by atoms with van der Waals surface area (Å²) in [5.74, 6) is 0.0261. The van der Waals surface area contributed by atoms with Gasteiger partial charge in [-0.05, 0) is 109 Å². The normalized spacial score (nSPS) is 15.0. The number of aliphatic imine (C=N–C) groups is 1. The summed E-state index contributed by atoms with van der Waals surface area (Å²) in [5.41, 5.74) is 11.5. The van der Waals surface area contributed by atoms with Gasteiger partial charge in [0.1, 0.15) is 6.10 Å². The summed E-state index contributed by atoms with van der Waals surface area (Å²) in [6, 6.07) is 8.02. The zero-order valence-electron chi connectivity index (χ0n) is 26.6. The molecule has 4 N–H and O–H groups in total. The van der Waals surface area contributed by atoms with E-state index < -0.39 is 6.10 Å². The Balaban J connectivity index is 0.000000387. The molecule has 2 unspecified atom stereocenters. The molecule has 0 bridgehead atoms. The smallest absolute Gasteiger partial charge is 0.308 e. The maximum Gasteiger partial charge on any atom is 0.308 e. The summed E-state index contributed by atoms with van der Waals surface area (Å²) in [6.45, 7) is 13.6. The summed E-state index contributed by atoms with van der Waals surface area (Å²) >= 11 is 0.